The van der Waals surface area contributed by atoms with Gasteiger partial charge in [0.2, 0.25) is 0 Å². The van der Waals surface area contributed by atoms with Crippen LogP contribution in [0.25, 0.3) is 0 Å². The highest BCUT2D eigenvalue weighted by atomic mass is 32.2. The zero-order valence-electron chi connectivity index (χ0n) is 18.2. The lowest BCUT2D eigenvalue weighted by molar-refractivity contribution is 0.0332. The normalized spacial score (nSPS) is 15.5. The van der Waals surface area contributed by atoms with Crippen molar-refractivity contribution in [2.75, 3.05) is 37.6 Å². The number of benzene rings is 3. The molecule has 0 aliphatic carbocycles. The van der Waals surface area contributed by atoms with Gasteiger partial charge in [-0.1, -0.05) is 48.5 Å². The van der Waals surface area contributed by atoms with E-state index in [1.165, 1.54) is 12.1 Å². The molecule has 8 heteroatoms. The largest absolute Gasteiger partial charge is 0.379 e. The smallest absolute Gasteiger partial charge is 0.261 e. The highest BCUT2D eigenvalue weighted by Crippen LogP contribution is 2.19. The van der Waals surface area contributed by atoms with Crippen molar-refractivity contribution >= 4 is 21.6 Å². The summed E-state index contributed by atoms with van der Waals surface area (Å²) < 4.78 is 33.0. The summed E-state index contributed by atoms with van der Waals surface area (Å²) >= 11 is 0. The number of nitrogens with one attached hydrogen (secondary N) is 2. The molecule has 7 nitrogen and oxygen atoms in total. The Balaban J connectivity index is 1.44. The zero-order valence-corrected chi connectivity index (χ0v) is 19.0. The highest BCUT2D eigenvalue weighted by molar-refractivity contribution is 7.92. The molecule has 1 aliphatic rings. The van der Waals surface area contributed by atoms with Crippen molar-refractivity contribution in [3.63, 3.8) is 0 Å². The fourth-order valence-electron chi connectivity index (χ4n) is 3.71. The molecule has 0 radical (unpaired) electrons. The Morgan fingerprint density at radius 1 is 0.879 bits per heavy atom. The van der Waals surface area contributed by atoms with E-state index in [0.29, 0.717) is 31.0 Å². The van der Waals surface area contributed by atoms with Gasteiger partial charge in [-0.05, 0) is 42.0 Å². The fourth-order valence-corrected chi connectivity index (χ4v) is 4.79. The van der Waals surface area contributed by atoms with Gasteiger partial charge in [-0.3, -0.25) is 14.4 Å². The van der Waals surface area contributed by atoms with Crippen molar-refractivity contribution in [3.05, 3.63) is 96.1 Å². The summed E-state index contributed by atoms with van der Waals surface area (Å²) in [5.41, 5.74) is 1.88. The van der Waals surface area contributed by atoms with Crippen LogP contribution >= 0.6 is 0 Å². The third kappa shape index (κ3) is 6.19. The van der Waals surface area contributed by atoms with Crippen molar-refractivity contribution < 1.29 is 17.9 Å². The molecular formula is C25H27N3O4S. The van der Waals surface area contributed by atoms with Gasteiger partial charge in [0.15, 0.2) is 0 Å². The molecule has 172 valence electrons. The Hall–Kier alpha value is -3.20. The standard InChI is InChI=1S/C25H27N3O4S/c29-25(26-24(20-7-3-1-4-8-20)19-28-15-17-32-18-16-28)21-11-13-22(14-12-21)27-33(30,31)23-9-5-2-6-10-23/h1-14,24,27H,15-19H2,(H,26,29)/t24-/m0/s1. The van der Waals surface area contributed by atoms with Crippen molar-refractivity contribution in [2.45, 2.75) is 10.9 Å². The first-order valence-electron chi connectivity index (χ1n) is 10.9. The third-order valence-corrected chi connectivity index (χ3v) is 6.90. The molecule has 1 atom stereocenters. The lowest BCUT2D eigenvalue weighted by Gasteiger charge is -2.31. The Morgan fingerprint density at radius 3 is 2.12 bits per heavy atom. The van der Waals surface area contributed by atoms with E-state index < -0.39 is 10.0 Å². The average molecular weight is 466 g/mol. The third-order valence-electron chi connectivity index (χ3n) is 5.50. The lowest BCUT2D eigenvalue weighted by Crippen LogP contribution is -2.43. The van der Waals surface area contributed by atoms with E-state index in [2.05, 4.69) is 14.9 Å². The second kappa shape index (κ2) is 10.6. The molecule has 2 N–H and O–H groups in total. The molecular weight excluding hydrogens is 438 g/mol. The Morgan fingerprint density at radius 2 is 1.48 bits per heavy atom. The van der Waals surface area contributed by atoms with Gasteiger partial charge >= 0.3 is 0 Å². The molecule has 1 saturated heterocycles. The number of hydrogen-bond acceptors (Lipinski definition) is 5. The van der Waals surface area contributed by atoms with E-state index in [-0.39, 0.29) is 16.8 Å². The molecule has 0 bridgehead atoms. The molecule has 3 aromatic carbocycles. The summed E-state index contributed by atoms with van der Waals surface area (Å²) in [7, 11) is -3.68. The van der Waals surface area contributed by atoms with Crippen LogP contribution < -0.4 is 10.0 Å². The zero-order chi connectivity index (χ0) is 23.1. The van der Waals surface area contributed by atoms with Crippen LogP contribution in [0.5, 0.6) is 0 Å². The van der Waals surface area contributed by atoms with Crippen LogP contribution in [0.3, 0.4) is 0 Å². The highest BCUT2D eigenvalue weighted by Gasteiger charge is 2.21. The number of ether oxygens (including phenoxy) is 1. The molecule has 4 rings (SSSR count). The summed E-state index contributed by atoms with van der Waals surface area (Å²) in [6.45, 7) is 3.73. The molecule has 0 spiro atoms. The number of rotatable bonds is 8. The minimum atomic E-state index is -3.68. The molecule has 3 aromatic rings. The lowest BCUT2D eigenvalue weighted by atomic mass is 10.1. The maximum Gasteiger partial charge on any atom is 0.261 e. The molecule has 0 saturated carbocycles. The number of carbonyl (C=O) groups excluding carboxylic acids is 1. The predicted molar refractivity (Wildman–Crippen MR) is 128 cm³/mol. The van der Waals surface area contributed by atoms with E-state index in [4.69, 9.17) is 4.74 Å². The minimum absolute atomic E-state index is 0.173. The van der Waals surface area contributed by atoms with Gasteiger partial charge in [0.25, 0.3) is 15.9 Å². The predicted octanol–water partition coefficient (Wildman–Crippen LogP) is 3.29. The van der Waals surface area contributed by atoms with Crippen LogP contribution in [0.4, 0.5) is 5.69 Å². The van der Waals surface area contributed by atoms with Crippen LogP contribution in [0.15, 0.2) is 89.8 Å². The van der Waals surface area contributed by atoms with Crippen molar-refractivity contribution in [1.29, 1.82) is 0 Å². The van der Waals surface area contributed by atoms with Crippen molar-refractivity contribution in [2.24, 2.45) is 0 Å². The first-order valence-corrected chi connectivity index (χ1v) is 12.3. The van der Waals surface area contributed by atoms with E-state index in [9.17, 15) is 13.2 Å². The summed E-state index contributed by atoms with van der Waals surface area (Å²) in [4.78, 5) is 15.5. The number of hydrogen-bond donors (Lipinski definition) is 2. The van der Waals surface area contributed by atoms with Crippen LogP contribution in [-0.2, 0) is 14.8 Å². The monoisotopic (exact) mass is 465 g/mol. The minimum Gasteiger partial charge on any atom is -0.379 e. The Labute approximate surface area is 194 Å². The van der Waals surface area contributed by atoms with E-state index in [1.54, 1.807) is 42.5 Å². The summed E-state index contributed by atoms with van der Waals surface area (Å²) in [6.07, 6.45) is 0. The van der Waals surface area contributed by atoms with E-state index >= 15 is 0 Å². The molecule has 1 amide bonds. The quantitative estimate of drug-likeness (QED) is 0.533. The molecule has 0 aromatic heterocycles. The maximum absolute atomic E-state index is 13.0. The number of anilines is 1. The van der Waals surface area contributed by atoms with Crippen LogP contribution in [0.1, 0.15) is 22.0 Å². The molecule has 0 unspecified atom stereocenters. The molecule has 1 aliphatic heterocycles. The molecule has 33 heavy (non-hydrogen) atoms. The molecule has 1 fully saturated rings. The van der Waals surface area contributed by atoms with Gasteiger partial charge in [0.1, 0.15) is 0 Å². The van der Waals surface area contributed by atoms with Crippen LogP contribution in [0, 0.1) is 0 Å². The second-order valence-electron chi connectivity index (χ2n) is 7.85. The Kier molecular flexibility index (Phi) is 7.39. The molecule has 1 heterocycles. The average Bonchev–Trinajstić information content (AvgIpc) is 2.85. The first kappa shape index (κ1) is 23.0. The SMILES string of the molecule is O=C(N[C@@H](CN1CCOCC1)c1ccccc1)c1ccc(NS(=O)(=O)c2ccccc2)cc1. The summed E-state index contributed by atoms with van der Waals surface area (Å²) in [5, 5.41) is 3.13. The van der Waals surface area contributed by atoms with Crippen LogP contribution in [-0.4, -0.2) is 52.1 Å². The van der Waals surface area contributed by atoms with Crippen molar-refractivity contribution in [3.8, 4) is 0 Å². The van der Waals surface area contributed by atoms with Gasteiger partial charge in [-0.25, -0.2) is 8.42 Å². The Bertz CT molecular complexity index is 1150. The van der Waals surface area contributed by atoms with Gasteiger partial charge in [-0.15, -0.1) is 0 Å². The number of nitrogens with zero attached hydrogens (tertiary/aromatic N) is 1. The summed E-state index contributed by atoms with van der Waals surface area (Å²) in [6, 6.07) is 24.3. The fraction of sp³-hybridized carbons (Fsp3) is 0.240. The van der Waals surface area contributed by atoms with Crippen molar-refractivity contribution in [1.82, 2.24) is 10.2 Å². The van der Waals surface area contributed by atoms with Gasteiger partial charge in [0.05, 0.1) is 24.2 Å². The second-order valence-corrected chi connectivity index (χ2v) is 9.53. The van der Waals surface area contributed by atoms with Gasteiger partial charge < -0.3 is 10.1 Å². The van der Waals surface area contributed by atoms with Gasteiger partial charge in [0, 0.05) is 30.9 Å². The van der Waals surface area contributed by atoms with E-state index in [0.717, 1.165) is 18.7 Å². The topological polar surface area (TPSA) is 87.7 Å². The van der Waals surface area contributed by atoms with Crippen LogP contribution in [0.2, 0.25) is 0 Å². The summed E-state index contributed by atoms with van der Waals surface area (Å²) in [5.74, 6) is -0.213. The van der Waals surface area contributed by atoms with E-state index in [1.807, 2.05) is 30.3 Å². The number of amides is 1. The van der Waals surface area contributed by atoms with Gasteiger partial charge in [-0.2, -0.15) is 0 Å². The number of sulfonamides is 1. The number of carbonyl (C=O) groups is 1. The number of morpholine rings is 1. The first-order chi connectivity index (χ1) is 16.0. The maximum atomic E-state index is 13.0.